The van der Waals surface area contributed by atoms with Gasteiger partial charge in [0.15, 0.2) is 0 Å². The molecule has 9 atom stereocenters. The summed E-state index contributed by atoms with van der Waals surface area (Å²) in [6, 6.07) is 0.743. The molecule has 0 radical (unpaired) electrons. The molecule has 0 bridgehead atoms. The second-order valence-corrected chi connectivity index (χ2v) is 13.1. The van der Waals surface area contributed by atoms with Crippen LogP contribution in [0.25, 0.3) is 0 Å². The molecular weight excluding hydrogens is 406 g/mol. The molecule has 4 fully saturated rings. The molecule has 192 valence electrons. The zero-order valence-corrected chi connectivity index (χ0v) is 22.1. The zero-order valence-electron chi connectivity index (χ0n) is 22.1. The van der Waals surface area contributed by atoms with Crippen LogP contribution in [0, 0.1) is 46.3 Å². The largest absolute Gasteiger partial charge is 0.396 e. The van der Waals surface area contributed by atoms with E-state index in [2.05, 4.69) is 31.4 Å². The Morgan fingerprint density at radius 1 is 0.879 bits per heavy atom. The molecule has 4 nitrogen and oxygen atoms in total. The molecule has 0 spiro atoms. The second-order valence-electron chi connectivity index (χ2n) is 13.1. The van der Waals surface area contributed by atoms with E-state index < -0.39 is 0 Å². The first-order valence-corrected chi connectivity index (χ1v) is 14.7. The monoisotopic (exact) mass is 461 g/mol. The molecular formula is C29H55N3O. The molecule has 0 aromatic rings. The summed E-state index contributed by atoms with van der Waals surface area (Å²) in [6.07, 6.45) is 16.4. The van der Waals surface area contributed by atoms with Gasteiger partial charge in [0.2, 0.25) is 0 Å². The first kappa shape index (κ1) is 25.9. The molecule has 4 heteroatoms. The van der Waals surface area contributed by atoms with Gasteiger partial charge in [-0.25, -0.2) is 0 Å². The van der Waals surface area contributed by atoms with Crippen LogP contribution >= 0.6 is 0 Å². The Labute approximate surface area is 204 Å². The Kier molecular flexibility index (Phi) is 8.85. The lowest BCUT2D eigenvalue weighted by molar-refractivity contribution is -0.118. The molecule has 0 aromatic carbocycles. The number of fused-ring (bicyclic) bond motifs is 5. The minimum absolute atomic E-state index is 0.375. The normalized spacial score (nSPS) is 43.5. The third kappa shape index (κ3) is 5.20. The predicted molar refractivity (Wildman–Crippen MR) is 139 cm³/mol. The van der Waals surface area contributed by atoms with Crippen molar-refractivity contribution in [2.45, 2.75) is 104 Å². The highest BCUT2D eigenvalue weighted by Crippen LogP contribution is 2.68. The van der Waals surface area contributed by atoms with Crippen molar-refractivity contribution in [2.75, 3.05) is 32.8 Å². The van der Waals surface area contributed by atoms with Crippen molar-refractivity contribution in [1.82, 2.24) is 10.6 Å². The van der Waals surface area contributed by atoms with Gasteiger partial charge in [-0.1, -0.05) is 20.8 Å². The van der Waals surface area contributed by atoms with E-state index in [1.54, 1.807) is 0 Å². The van der Waals surface area contributed by atoms with E-state index in [1.807, 2.05) is 0 Å². The minimum atomic E-state index is 0.375. The van der Waals surface area contributed by atoms with Crippen LogP contribution in [-0.4, -0.2) is 43.9 Å². The number of hydrogen-bond donors (Lipinski definition) is 4. The summed E-state index contributed by atoms with van der Waals surface area (Å²) in [5.41, 5.74) is 6.64. The first-order valence-electron chi connectivity index (χ1n) is 14.7. The van der Waals surface area contributed by atoms with Gasteiger partial charge in [0.05, 0.1) is 0 Å². The summed E-state index contributed by atoms with van der Waals surface area (Å²) in [5, 5.41) is 17.4. The van der Waals surface area contributed by atoms with Crippen molar-refractivity contribution in [3.05, 3.63) is 0 Å². The van der Waals surface area contributed by atoms with Gasteiger partial charge >= 0.3 is 0 Å². The quantitative estimate of drug-likeness (QED) is 0.329. The van der Waals surface area contributed by atoms with Crippen LogP contribution < -0.4 is 16.4 Å². The smallest absolute Gasteiger partial charge is 0.0459 e. The molecule has 0 amide bonds. The maximum atomic E-state index is 9.87. The van der Waals surface area contributed by atoms with Crippen LogP contribution in [0.15, 0.2) is 0 Å². The molecule has 4 saturated carbocycles. The van der Waals surface area contributed by atoms with Crippen molar-refractivity contribution >= 4 is 0 Å². The topological polar surface area (TPSA) is 70.3 Å². The number of rotatable bonds is 11. The molecule has 4 rings (SSSR count). The Balaban J connectivity index is 1.27. The third-order valence-corrected chi connectivity index (χ3v) is 11.5. The molecule has 33 heavy (non-hydrogen) atoms. The van der Waals surface area contributed by atoms with E-state index in [0.29, 0.717) is 23.4 Å². The van der Waals surface area contributed by atoms with Gasteiger partial charge in [0.25, 0.3) is 0 Å². The molecule has 0 aromatic heterocycles. The van der Waals surface area contributed by atoms with Crippen molar-refractivity contribution in [3.63, 3.8) is 0 Å². The highest BCUT2D eigenvalue weighted by atomic mass is 16.3. The Morgan fingerprint density at radius 3 is 2.42 bits per heavy atom. The standard InChI is InChI=1S/C29H55N3O/c1-21(20-33)25-9-10-26-24-8-7-22-19-23(32-18-6-17-31-16-5-4-15-30)11-13-28(22,2)27(24)12-14-29(25,26)3/h21-27,31-33H,4-20,30H2,1-3H3/t21-,22+,23+,24+,25-,26+,27+,28+,29-/m1/s1. The molecule has 0 heterocycles. The first-order chi connectivity index (χ1) is 15.9. The van der Waals surface area contributed by atoms with Crippen LogP contribution in [0.5, 0.6) is 0 Å². The predicted octanol–water partition coefficient (Wildman–Crippen LogP) is 4.95. The summed E-state index contributed by atoms with van der Waals surface area (Å²) >= 11 is 0. The Morgan fingerprint density at radius 2 is 1.64 bits per heavy atom. The van der Waals surface area contributed by atoms with Gasteiger partial charge in [-0.05, 0) is 150 Å². The molecule has 5 N–H and O–H groups in total. The summed E-state index contributed by atoms with van der Waals surface area (Å²) < 4.78 is 0. The average molecular weight is 462 g/mol. The fourth-order valence-electron chi connectivity index (χ4n) is 9.58. The number of aliphatic hydroxyl groups is 1. The van der Waals surface area contributed by atoms with Crippen LogP contribution in [0.4, 0.5) is 0 Å². The van der Waals surface area contributed by atoms with Gasteiger partial charge < -0.3 is 21.5 Å². The minimum Gasteiger partial charge on any atom is -0.396 e. The van der Waals surface area contributed by atoms with Gasteiger partial charge in [-0.15, -0.1) is 0 Å². The van der Waals surface area contributed by atoms with Crippen LogP contribution in [0.3, 0.4) is 0 Å². The lowest BCUT2D eigenvalue weighted by Crippen LogP contribution is -2.55. The van der Waals surface area contributed by atoms with Gasteiger partial charge in [0, 0.05) is 12.6 Å². The van der Waals surface area contributed by atoms with Gasteiger partial charge in [-0.2, -0.15) is 0 Å². The van der Waals surface area contributed by atoms with E-state index in [-0.39, 0.29) is 0 Å². The van der Waals surface area contributed by atoms with E-state index in [1.165, 1.54) is 70.6 Å². The summed E-state index contributed by atoms with van der Waals surface area (Å²) in [5.74, 6) is 4.98. The molecule has 4 aliphatic rings. The van der Waals surface area contributed by atoms with Crippen LogP contribution in [0.1, 0.15) is 97.8 Å². The number of nitrogens with two attached hydrogens (primary N) is 1. The highest BCUT2D eigenvalue weighted by Gasteiger charge is 2.60. The second kappa shape index (κ2) is 11.3. The summed E-state index contributed by atoms with van der Waals surface area (Å²) in [6.45, 7) is 12.2. The Bertz CT molecular complexity index is 614. The van der Waals surface area contributed by atoms with Crippen LogP contribution in [0.2, 0.25) is 0 Å². The third-order valence-electron chi connectivity index (χ3n) is 11.5. The van der Waals surface area contributed by atoms with E-state index in [9.17, 15) is 5.11 Å². The van der Waals surface area contributed by atoms with Gasteiger partial charge in [0.1, 0.15) is 0 Å². The van der Waals surface area contributed by atoms with E-state index >= 15 is 0 Å². The highest BCUT2D eigenvalue weighted by molar-refractivity contribution is 5.10. The molecule has 0 aliphatic heterocycles. The average Bonchev–Trinajstić information content (AvgIpc) is 3.17. The van der Waals surface area contributed by atoms with Crippen molar-refractivity contribution in [3.8, 4) is 0 Å². The fraction of sp³-hybridized carbons (Fsp3) is 1.00. The maximum absolute atomic E-state index is 9.87. The Hall–Kier alpha value is -0.160. The fourth-order valence-corrected chi connectivity index (χ4v) is 9.58. The van der Waals surface area contributed by atoms with Crippen molar-refractivity contribution in [1.29, 1.82) is 0 Å². The SMILES string of the molecule is C[C@H](CO)[C@H]1CC[C@H]2[C@@H]3CC[C@H]4C[C@@H](NCCCNCCCCN)CC[C@]4(C)[C@H]3CC[C@]12C. The lowest BCUT2D eigenvalue weighted by Gasteiger charge is -2.61. The lowest BCUT2D eigenvalue weighted by atomic mass is 9.44. The van der Waals surface area contributed by atoms with Crippen molar-refractivity contribution < 1.29 is 5.11 Å². The number of nitrogens with one attached hydrogen (secondary N) is 2. The summed E-state index contributed by atoms with van der Waals surface area (Å²) in [4.78, 5) is 0. The van der Waals surface area contributed by atoms with E-state index in [4.69, 9.17) is 5.73 Å². The van der Waals surface area contributed by atoms with Crippen molar-refractivity contribution in [2.24, 2.45) is 52.1 Å². The number of unbranched alkanes of at least 4 members (excludes halogenated alkanes) is 1. The number of hydrogen-bond acceptors (Lipinski definition) is 4. The van der Waals surface area contributed by atoms with Gasteiger partial charge in [-0.3, -0.25) is 0 Å². The number of aliphatic hydroxyl groups excluding tert-OH is 1. The molecule has 0 unspecified atom stereocenters. The zero-order chi connectivity index (χ0) is 23.5. The molecule has 0 saturated heterocycles. The summed E-state index contributed by atoms with van der Waals surface area (Å²) in [7, 11) is 0. The maximum Gasteiger partial charge on any atom is 0.0459 e. The van der Waals surface area contributed by atoms with E-state index in [0.717, 1.165) is 68.2 Å². The van der Waals surface area contributed by atoms with Crippen LogP contribution in [-0.2, 0) is 0 Å². The molecule has 4 aliphatic carbocycles.